The SMILES string of the molecule is COc1ccc(Cn2cc(Cl)nc(OC)c2=S)cc1. The second-order valence-electron chi connectivity index (χ2n) is 3.85. The number of ether oxygens (including phenoxy) is 2. The van der Waals surface area contributed by atoms with Crippen molar-refractivity contribution >= 4 is 23.8 Å². The van der Waals surface area contributed by atoms with Crippen LogP contribution in [0.4, 0.5) is 0 Å². The van der Waals surface area contributed by atoms with E-state index in [2.05, 4.69) is 4.98 Å². The van der Waals surface area contributed by atoms with Gasteiger partial charge in [-0.05, 0) is 17.7 Å². The van der Waals surface area contributed by atoms with E-state index in [1.165, 1.54) is 7.11 Å². The summed E-state index contributed by atoms with van der Waals surface area (Å²) in [5, 5.41) is 0.346. The molecule has 2 aromatic rings. The zero-order valence-electron chi connectivity index (χ0n) is 10.6. The van der Waals surface area contributed by atoms with E-state index in [0.29, 0.717) is 22.2 Å². The van der Waals surface area contributed by atoms with Crippen LogP contribution in [0.15, 0.2) is 30.5 Å². The molecule has 0 spiro atoms. The maximum Gasteiger partial charge on any atom is 0.250 e. The maximum atomic E-state index is 5.94. The molecule has 0 N–H and O–H groups in total. The average molecular weight is 297 g/mol. The molecule has 1 aromatic heterocycles. The van der Waals surface area contributed by atoms with Crippen LogP contribution in [0.2, 0.25) is 5.15 Å². The van der Waals surface area contributed by atoms with Crippen LogP contribution in [-0.4, -0.2) is 23.8 Å². The molecule has 0 aliphatic rings. The summed E-state index contributed by atoms with van der Waals surface area (Å²) in [6, 6.07) is 7.75. The lowest BCUT2D eigenvalue weighted by atomic mass is 10.2. The summed E-state index contributed by atoms with van der Waals surface area (Å²) in [6.45, 7) is 0.599. The van der Waals surface area contributed by atoms with E-state index >= 15 is 0 Å². The first-order chi connectivity index (χ1) is 9.13. The van der Waals surface area contributed by atoms with Crippen molar-refractivity contribution in [2.24, 2.45) is 0 Å². The molecule has 19 heavy (non-hydrogen) atoms. The normalized spacial score (nSPS) is 10.3. The minimum Gasteiger partial charge on any atom is -0.497 e. The Bertz CT molecular complexity index is 626. The van der Waals surface area contributed by atoms with Gasteiger partial charge in [0.05, 0.1) is 14.2 Å². The van der Waals surface area contributed by atoms with Crippen LogP contribution in [-0.2, 0) is 6.54 Å². The largest absolute Gasteiger partial charge is 0.497 e. The molecule has 4 nitrogen and oxygen atoms in total. The summed E-state index contributed by atoms with van der Waals surface area (Å²) >= 11 is 11.2. The molecule has 0 bridgehead atoms. The van der Waals surface area contributed by atoms with Gasteiger partial charge < -0.3 is 14.0 Å². The number of rotatable bonds is 4. The van der Waals surface area contributed by atoms with Crippen LogP contribution >= 0.6 is 23.8 Å². The predicted octanol–water partition coefficient (Wildman–Crippen LogP) is 3.33. The Balaban J connectivity index is 2.32. The van der Waals surface area contributed by atoms with Gasteiger partial charge in [-0.15, -0.1) is 0 Å². The van der Waals surface area contributed by atoms with E-state index in [0.717, 1.165) is 11.3 Å². The van der Waals surface area contributed by atoms with Crippen LogP contribution in [0.5, 0.6) is 11.6 Å². The highest BCUT2D eigenvalue weighted by molar-refractivity contribution is 7.71. The monoisotopic (exact) mass is 296 g/mol. The van der Waals surface area contributed by atoms with Crippen molar-refractivity contribution in [3.05, 3.63) is 45.8 Å². The first kappa shape index (κ1) is 13.8. The van der Waals surface area contributed by atoms with E-state index < -0.39 is 0 Å². The first-order valence-corrected chi connectivity index (χ1v) is 6.36. The third-order valence-corrected chi connectivity index (χ3v) is 3.21. The van der Waals surface area contributed by atoms with Gasteiger partial charge in [-0.25, -0.2) is 0 Å². The number of aromatic nitrogens is 2. The molecule has 0 aliphatic carbocycles. The van der Waals surface area contributed by atoms with Gasteiger partial charge in [0.25, 0.3) is 5.88 Å². The molecular weight excluding hydrogens is 284 g/mol. The van der Waals surface area contributed by atoms with Gasteiger partial charge in [-0.2, -0.15) is 4.98 Å². The van der Waals surface area contributed by atoms with E-state index in [-0.39, 0.29) is 0 Å². The highest BCUT2D eigenvalue weighted by Crippen LogP contribution is 2.17. The topological polar surface area (TPSA) is 36.3 Å². The molecule has 0 amide bonds. The third-order valence-electron chi connectivity index (χ3n) is 2.62. The van der Waals surface area contributed by atoms with Gasteiger partial charge >= 0.3 is 0 Å². The molecule has 1 heterocycles. The third kappa shape index (κ3) is 3.24. The van der Waals surface area contributed by atoms with Crippen LogP contribution in [0.25, 0.3) is 0 Å². The summed E-state index contributed by atoms with van der Waals surface area (Å²) < 4.78 is 12.6. The lowest BCUT2D eigenvalue weighted by molar-refractivity contribution is 0.389. The zero-order valence-corrected chi connectivity index (χ0v) is 12.2. The molecule has 6 heteroatoms. The van der Waals surface area contributed by atoms with Crippen molar-refractivity contribution in [1.29, 1.82) is 0 Å². The molecule has 0 unspecified atom stereocenters. The van der Waals surface area contributed by atoms with Gasteiger partial charge in [0.1, 0.15) is 10.9 Å². The minimum absolute atomic E-state index is 0.346. The predicted molar refractivity (Wildman–Crippen MR) is 76.7 cm³/mol. The van der Waals surface area contributed by atoms with Crippen molar-refractivity contribution in [3.8, 4) is 11.6 Å². The Hall–Kier alpha value is -1.59. The summed E-state index contributed by atoms with van der Waals surface area (Å²) in [4.78, 5) is 4.02. The zero-order chi connectivity index (χ0) is 13.8. The van der Waals surface area contributed by atoms with Gasteiger partial charge in [0.2, 0.25) is 0 Å². The Morgan fingerprint density at radius 2 is 1.89 bits per heavy atom. The summed E-state index contributed by atoms with van der Waals surface area (Å²) in [6.07, 6.45) is 1.69. The number of benzene rings is 1. The lowest BCUT2D eigenvalue weighted by Crippen LogP contribution is -2.05. The van der Waals surface area contributed by atoms with Crippen LogP contribution in [0.1, 0.15) is 5.56 Å². The van der Waals surface area contributed by atoms with E-state index in [9.17, 15) is 0 Å². The van der Waals surface area contributed by atoms with Gasteiger partial charge in [0, 0.05) is 12.7 Å². The molecule has 0 radical (unpaired) electrons. The molecule has 0 atom stereocenters. The van der Waals surface area contributed by atoms with E-state index in [4.69, 9.17) is 33.3 Å². The number of nitrogens with zero attached hydrogens (tertiary/aromatic N) is 2. The fourth-order valence-electron chi connectivity index (χ4n) is 1.66. The van der Waals surface area contributed by atoms with Crippen LogP contribution in [0.3, 0.4) is 0 Å². The number of halogens is 1. The molecule has 100 valence electrons. The highest BCUT2D eigenvalue weighted by Gasteiger charge is 2.05. The van der Waals surface area contributed by atoms with Crippen molar-refractivity contribution < 1.29 is 9.47 Å². The summed E-state index contributed by atoms with van der Waals surface area (Å²) in [5.41, 5.74) is 1.08. The van der Waals surface area contributed by atoms with Gasteiger partial charge in [0.15, 0.2) is 4.64 Å². The molecule has 0 saturated heterocycles. The highest BCUT2D eigenvalue weighted by atomic mass is 35.5. The fraction of sp³-hybridized carbons (Fsp3) is 0.231. The first-order valence-electron chi connectivity index (χ1n) is 5.58. The molecule has 2 rings (SSSR count). The molecule has 0 aliphatic heterocycles. The summed E-state index contributed by atoms with van der Waals surface area (Å²) in [5.74, 6) is 1.17. The van der Waals surface area contributed by atoms with Crippen molar-refractivity contribution in [1.82, 2.24) is 9.55 Å². The fourth-order valence-corrected chi connectivity index (χ4v) is 2.10. The molecule has 1 aromatic carbocycles. The van der Waals surface area contributed by atoms with Crippen LogP contribution in [0, 0.1) is 4.64 Å². The number of hydrogen-bond donors (Lipinski definition) is 0. The maximum absolute atomic E-state index is 5.94. The Kier molecular flexibility index (Phi) is 4.39. The Labute approximate surface area is 121 Å². The smallest absolute Gasteiger partial charge is 0.250 e. The van der Waals surface area contributed by atoms with Gasteiger partial charge in [-0.3, -0.25) is 0 Å². The summed E-state index contributed by atoms with van der Waals surface area (Å²) in [7, 11) is 3.16. The second kappa shape index (κ2) is 6.04. The second-order valence-corrected chi connectivity index (χ2v) is 4.63. The van der Waals surface area contributed by atoms with E-state index in [1.807, 2.05) is 28.8 Å². The number of methoxy groups -OCH3 is 2. The van der Waals surface area contributed by atoms with Gasteiger partial charge in [-0.1, -0.05) is 36.0 Å². The quantitative estimate of drug-likeness (QED) is 0.811. The standard InChI is InChI=1S/C13H13ClN2O2S/c1-17-10-5-3-9(4-6-10)7-16-8-11(14)15-12(18-2)13(16)19/h3-6,8H,7H2,1-2H3. The minimum atomic E-state index is 0.346. The Morgan fingerprint density at radius 1 is 1.21 bits per heavy atom. The average Bonchev–Trinajstić information content (AvgIpc) is 2.43. The Morgan fingerprint density at radius 3 is 2.47 bits per heavy atom. The van der Waals surface area contributed by atoms with Crippen molar-refractivity contribution in [2.75, 3.05) is 14.2 Å². The number of hydrogen-bond acceptors (Lipinski definition) is 4. The van der Waals surface area contributed by atoms with E-state index in [1.54, 1.807) is 13.3 Å². The molecule has 0 fully saturated rings. The molecule has 0 saturated carbocycles. The van der Waals surface area contributed by atoms with Crippen LogP contribution < -0.4 is 9.47 Å². The van der Waals surface area contributed by atoms with Crippen molar-refractivity contribution in [3.63, 3.8) is 0 Å². The lowest BCUT2D eigenvalue weighted by Gasteiger charge is -2.10. The van der Waals surface area contributed by atoms with Crippen molar-refractivity contribution in [2.45, 2.75) is 6.54 Å². The molecular formula is C13H13ClN2O2S.